The number of fused-ring (bicyclic) bond motifs is 1. The molecule has 1 aliphatic heterocycles. The number of aliphatic carboxylic acids is 1. The first kappa shape index (κ1) is 12.5. The van der Waals surface area contributed by atoms with E-state index in [1.54, 1.807) is 0 Å². The molecule has 0 radical (unpaired) electrons. The molecule has 0 saturated heterocycles. The average Bonchev–Trinajstić information content (AvgIpc) is 3.19. The average molecular weight is 261 g/mol. The summed E-state index contributed by atoms with van der Waals surface area (Å²) in [6.07, 6.45) is 2.93. The van der Waals surface area contributed by atoms with Crippen LogP contribution in [0, 0.1) is 5.92 Å². The standard InChI is InChI=1S/C15H19NO3/c1-16(13-8-12(13)15(17)18)9-10-4-5-14-11(7-10)3-2-6-19-14/h4-5,7,12-13H,2-3,6,8-9H2,1H3,(H,17,18). The van der Waals surface area contributed by atoms with Gasteiger partial charge in [-0.2, -0.15) is 0 Å². The Labute approximate surface area is 113 Å². The highest BCUT2D eigenvalue weighted by Gasteiger charge is 2.45. The first-order valence-electron chi connectivity index (χ1n) is 6.83. The van der Waals surface area contributed by atoms with Crippen LogP contribution in [-0.2, 0) is 17.8 Å². The number of aryl methyl sites for hydroxylation is 1. The number of carboxylic acids is 1. The largest absolute Gasteiger partial charge is 0.493 e. The maximum atomic E-state index is 10.9. The minimum Gasteiger partial charge on any atom is -0.493 e. The van der Waals surface area contributed by atoms with Crippen LogP contribution in [-0.4, -0.2) is 35.7 Å². The first-order chi connectivity index (χ1) is 9.15. The highest BCUT2D eigenvalue weighted by Crippen LogP contribution is 2.36. The van der Waals surface area contributed by atoms with Crippen molar-refractivity contribution in [3.05, 3.63) is 29.3 Å². The summed E-state index contributed by atoms with van der Waals surface area (Å²) in [6, 6.07) is 6.52. The monoisotopic (exact) mass is 261 g/mol. The van der Waals surface area contributed by atoms with Gasteiger partial charge in [0.15, 0.2) is 0 Å². The summed E-state index contributed by atoms with van der Waals surface area (Å²) in [5.41, 5.74) is 2.52. The number of benzene rings is 1. The van der Waals surface area contributed by atoms with Crippen molar-refractivity contribution in [2.24, 2.45) is 5.92 Å². The second-order valence-electron chi connectivity index (χ2n) is 5.56. The third-order valence-electron chi connectivity index (χ3n) is 4.05. The Kier molecular flexibility index (Phi) is 3.19. The van der Waals surface area contributed by atoms with Crippen molar-refractivity contribution in [1.29, 1.82) is 0 Å². The smallest absolute Gasteiger partial charge is 0.308 e. The van der Waals surface area contributed by atoms with Crippen molar-refractivity contribution >= 4 is 5.97 Å². The molecular formula is C15H19NO3. The van der Waals surface area contributed by atoms with Crippen LogP contribution in [0.15, 0.2) is 18.2 Å². The topological polar surface area (TPSA) is 49.8 Å². The fourth-order valence-corrected chi connectivity index (χ4v) is 2.85. The zero-order chi connectivity index (χ0) is 13.4. The van der Waals surface area contributed by atoms with Gasteiger partial charge in [0, 0.05) is 12.6 Å². The third-order valence-corrected chi connectivity index (χ3v) is 4.05. The van der Waals surface area contributed by atoms with Gasteiger partial charge in [-0.3, -0.25) is 9.69 Å². The van der Waals surface area contributed by atoms with E-state index < -0.39 is 5.97 Å². The normalized spacial score (nSPS) is 24.7. The second-order valence-corrected chi connectivity index (χ2v) is 5.56. The molecule has 0 spiro atoms. The SMILES string of the molecule is CN(Cc1ccc2c(c1)CCCO2)C1CC1C(=O)O. The van der Waals surface area contributed by atoms with Crippen LogP contribution in [0.2, 0.25) is 0 Å². The fraction of sp³-hybridized carbons (Fsp3) is 0.533. The summed E-state index contributed by atoms with van der Waals surface area (Å²) in [7, 11) is 2.00. The minimum absolute atomic E-state index is 0.175. The van der Waals surface area contributed by atoms with Gasteiger partial charge in [-0.05, 0) is 43.5 Å². The van der Waals surface area contributed by atoms with Crippen molar-refractivity contribution in [3.8, 4) is 5.75 Å². The molecule has 4 heteroatoms. The molecule has 19 heavy (non-hydrogen) atoms. The summed E-state index contributed by atoms with van der Waals surface area (Å²) in [5.74, 6) is 0.161. The zero-order valence-corrected chi connectivity index (χ0v) is 11.1. The Morgan fingerprint density at radius 1 is 1.53 bits per heavy atom. The van der Waals surface area contributed by atoms with Gasteiger partial charge in [0.1, 0.15) is 5.75 Å². The number of carbonyl (C=O) groups is 1. The van der Waals surface area contributed by atoms with E-state index in [1.165, 1.54) is 11.1 Å². The first-order valence-corrected chi connectivity index (χ1v) is 6.83. The molecule has 1 aromatic rings. The molecule has 2 unspecified atom stereocenters. The summed E-state index contributed by atoms with van der Waals surface area (Å²) in [4.78, 5) is 13.0. The lowest BCUT2D eigenvalue weighted by molar-refractivity contribution is -0.138. The number of ether oxygens (including phenoxy) is 1. The Morgan fingerprint density at radius 2 is 2.37 bits per heavy atom. The van der Waals surface area contributed by atoms with Crippen molar-refractivity contribution in [3.63, 3.8) is 0 Å². The summed E-state index contributed by atoms with van der Waals surface area (Å²) in [6.45, 7) is 1.62. The Hall–Kier alpha value is -1.55. The molecule has 0 aromatic heterocycles. The third kappa shape index (κ3) is 2.59. The van der Waals surface area contributed by atoms with Crippen LogP contribution in [0.3, 0.4) is 0 Å². The van der Waals surface area contributed by atoms with Gasteiger partial charge >= 0.3 is 5.97 Å². The lowest BCUT2D eigenvalue weighted by atomic mass is 10.0. The summed E-state index contributed by atoms with van der Waals surface area (Å²) >= 11 is 0. The van der Waals surface area contributed by atoms with E-state index in [0.29, 0.717) is 0 Å². The van der Waals surface area contributed by atoms with E-state index in [-0.39, 0.29) is 12.0 Å². The Bertz CT molecular complexity index is 500. The van der Waals surface area contributed by atoms with Crippen molar-refractivity contribution in [1.82, 2.24) is 4.90 Å². The number of hydrogen-bond acceptors (Lipinski definition) is 3. The van der Waals surface area contributed by atoms with E-state index >= 15 is 0 Å². The molecule has 3 rings (SSSR count). The second kappa shape index (κ2) is 4.85. The lowest BCUT2D eigenvalue weighted by Crippen LogP contribution is -2.23. The molecule has 1 aromatic carbocycles. The van der Waals surface area contributed by atoms with Gasteiger partial charge in [0.2, 0.25) is 0 Å². The zero-order valence-electron chi connectivity index (χ0n) is 11.1. The Morgan fingerprint density at radius 3 is 3.11 bits per heavy atom. The lowest BCUT2D eigenvalue weighted by Gasteiger charge is -2.20. The minimum atomic E-state index is -0.671. The molecule has 1 fully saturated rings. The fourth-order valence-electron chi connectivity index (χ4n) is 2.85. The van der Waals surface area contributed by atoms with Gasteiger partial charge in [-0.15, -0.1) is 0 Å². The van der Waals surface area contributed by atoms with Crippen molar-refractivity contribution in [2.45, 2.75) is 31.8 Å². The maximum Gasteiger partial charge on any atom is 0.308 e. The molecule has 0 bridgehead atoms. The molecule has 0 amide bonds. The summed E-state index contributed by atoms with van der Waals surface area (Å²) < 4.78 is 5.60. The van der Waals surface area contributed by atoms with E-state index in [2.05, 4.69) is 17.0 Å². The van der Waals surface area contributed by atoms with Crippen molar-refractivity contribution < 1.29 is 14.6 Å². The van der Waals surface area contributed by atoms with Gasteiger partial charge in [-0.25, -0.2) is 0 Å². The van der Waals surface area contributed by atoms with Gasteiger partial charge < -0.3 is 9.84 Å². The van der Waals surface area contributed by atoms with E-state index in [0.717, 1.165) is 38.2 Å². The predicted octanol–water partition coefficient (Wildman–Crippen LogP) is 1.92. The van der Waals surface area contributed by atoms with Gasteiger partial charge in [0.25, 0.3) is 0 Å². The van der Waals surface area contributed by atoms with Crippen LogP contribution in [0.25, 0.3) is 0 Å². The molecule has 4 nitrogen and oxygen atoms in total. The van der Waals surface area contributed by atoms with Gasteiger partial charge in [-0.1, -0.05) is 12.1 Å². The molecule has 1 heterocycles. The number of nitrogens with zero attached hydrogens (tertiary/aromatic N) is 1. The van der Waals surface area contributed by atoms with Crippen molar-refractivity contribution in [2.75, 3.05) is 13.7 Å². The van der Waals surface area contributed by atoms with Crippen LogP contribution < -0.4 is 4.74 Å². The van der Waals surface area contributed by atoms with E-state index in [1.807, 2.05) is 13.1 Å². The predicted molar refractivity (Wildman–Crippen MR) is 71.3 cm³/mol. The number of hydrogen-bond donors (Lipinski definition) is 1. The molecular weight excluding hydrogens is 242 g/mol. The van der Waals surface area contributed by atoms with Crippen LogP contribution in [0.1, 0.15) is 24.0 Å². The molecule has 102 valence electrons. The van der Waals surface area contributed by atoms with Gasteiger partial charge in [0.05, 0.1) is 12.5 Å². The molecule has 1 N–H and O–H groups in total. The molecule has 1 aliphatic carbocycles. The molecule has 1 saturated carbocycles. The maximum absolute atomic E-state index is 10.9. The Balaban J connectivity index is 1.65. The van der Waals surface area contributed by atoms with Crippen LogP contribution in [0.4, 0.5) is 0 Å². The number of rotatable bonds is 4. The van der Waals surface area contributed by atoms with Crippen LogP contribution >= 0.6 is 0 Å². The highest BCUT2D eigenvalue weighted by atomic mass is 16.5. The number of carboxylic acid groups (broad SMARTS) is 1. The van der Waals surface area contributed by atoms with Crippen LogP contribution in [0.5, 0.6) is 5.75 Å². The van der Waals surface area contributed by atoms with E-state index in [9.17, 15) is 4.79 Å². The van der Waals surface area contributed by atoms with E-state index in [4.69, 9.17) is 9.84 Å². The summed E-state index contributed by atoms with van der Waals surface area (Å²) in [5, 5.41) is 8.95. The quantitative estimate of drug-likeness (QED) is 0.899. The molecule has 2 aliphatic rings. The molecule has 2 atom stereocenters. The highest BCUT2D eigenvalue weighted by molar-refractivity contribution is 5.74.